The number of hydrogen-bond acceptors (Lipinski definition) is 2. The Labute approximate surface area is 77.7 Å². The van der Waals surface area contributed by atoms with Gasteiger partial charge in [-0.3, -0.25) is 0 Å². The van der Waals surface area contributed by atoms with Crippen LogP contribution in [-0.4, -0.2) is 0 Å². The van der Waals surface area contributed by atoms with E-state index in [9.17, 15) is 0 Å². The summed E-state index contributed by atoms with van der Waals surface area (Å²) in [5.41, 5.74) is 6.31. The maximum atomic E-state index is 8.54. The van der Waals surface area contributed by atoms with E-state index in [4.69, 9.17) is 22.6 Å². The van der Waals surface area contributed by atoms with Gasteiger partial charge in [-0.25, -0.2) is 0 Å². The molecule has 1 rings (SSSR count). The van der Waals surface area contributed by atoms with E-state index in [2.05, 4.69) is 15.9 Å². The molecule has 0 unspecified atom stereocenters. The zero-order chi connectivity index (χ0) is 8.43. The van der Waals surface area contributed by atoms with Crippen LogP contribution < -0.4 is 5.73 Å². The summed E-state index contributed by atoms with van der Waals surface area (Å²) < 4.78 is 0.685. The summed E-state index contributed by atoms with van der Waals surface area (Å²) in [5, 5.41) is 9.06. The van der Waals surface area contributed by atoms with Gasteiger partial charge in [0.25, 0.3) is 0 Å². The van der Waals surface area contributed by atoms with Crippen LogP contribution in [0.3, 0.4) is 0 Å². The van der Waals surface area contributed by atoms with Crippen LogP contribution in [0.5, 0.6) is 0 Å². The van der Waals surface area contributed by atoms with Crippen LogP contribution in [0.2, 0.25) is 5.02 Å². The van der Waals surface area contributed by atoms with E-state index in [0.717, 1.165) is 0 Å². The van der Waals surface area contributed by atoms with Gasteiger partial charge in [0.1, 0.15) is 6.07 Å². The first-order chi connectivity index (χ1) is 5.15. The second-order valence-electron chi connectivity index (χ2n) is 1.97. The Morgan fingerprint density at radius 3 is 2.73 bits per heavy atom. The van der Waals surface area contributed by atoms with Gasteiger partial charge < -0.3 is 5.73 Å². The maximum Gasteiger partial charge on any atom is 0.101 e. The summed E-state index contributed by atoms with van der Waals surface area (Å²) in [6.07, 6.45) is 0. The lowest BCUT2D eigenvalue weighted by Crippen LogP contribution is -1.89. The van der Waals surface area contributed by atoms with Crippen molar-refractivity contribution in [2.24, 2.45) is 0 Å². The number of nitrogen functional groups attached to an aromatic ring is 1. The van der Waals surface area contributed by atoms with Crippen molar-refractivity contribution in [1.82, 2.24) is 0 Å². The minimum Gasteiger partial charge on any atom is -0.398 e. The molecule has 0 spiro atoms. The zero-order valence-corrected chi connectivity index (χ0v) is 7.78. The largest absolute Gasteiger partial charge is 0.398 e. The number of nitriles is 1. The average molecular weight is 231 g/mol. The smallest absolute Gasteiger partial charge is 0.101 e. The number of hydrogen-bond donors (Lipinski definition) is 1. The maximum absolute atomic E-state index is 8.54. The molecular formula is C7H4BrClN2. The van der Waals surface area contributed by atoms with Crippen molar-refractivity contribution < 1.29 is 0 Å². The molecule has 2 nitrogen and oxygen atoms in total. The SMILES string of the molecule is N#Cc1cc(Br)c(Cl)cc1N. The molecular weight excluding hydrogens is 227 g/mol. The van der Waals surface area contributed by atoms with E-state index in [1.54, 1.807) is 12.1 Å². The van der Waals surface area contributed by atoms with E-state index in [1.165, 1.54) is 0 Å². The average Bonchev–Trinajstić information content (AvgIpc) is 1.97. The van der Waals surface area contributed by atoms with Crippen LogP contribution in [0, 0.1) is 11.3 Å². The summed E-state index contributed by atoms with van der Waals surface area (Å²) in [5.74, 6) is 0. The van der Waals surface area contributed by atoms with Gasteiger partial charge in [-0.1, -0.05) is 11.6 Å². The zero-order valence-electron chi connectivity index (χ0n) is 5.44. The lowest BCUT2D eigenvalue weighted by Gasteiger charge is -1.99. The molecule has 1 aromatic rings. The van der Waals surface area contributed by atoms with Crippen molar-refractivity contribution in [3.05, 3.63) is 27.2 Å². The topological polar surface area (TPSA) is 49.8 Å². The molecule has 56 valence electrons. The minimum absolute atomic E-state index is 0.403. The molecule has 0 radical (unpaired) electrons. The normalized spacial score (nSPS) is 9.18. The highest BCUT2D eigenvalue weighted by Gasteiger charge is 2.02. The molecule has 0 aromatic heterocycles. The van der Waals surface area contributed by atoms with Crippen molar-refractivity contribution in [1.29, 1.82) is 5.26 Å². The van der Waals surface area contributed by atoms with Crippen molar-refractivity contribution in [2.45, 2.75) is 0 Å². The summed E-state index contributed by atoms with van der Waals surface area (Å²) in [4.78, 5) is 0. The minimum atomic E-state index is 0.403. The second kappa shape index (κ2) is 3.12. The predicted octanol–water partition coefficient (Wildman–Crippen LogP) is 2.56. The number of nitrogens with two attached hydrogens (primary N) is 1. The molecule has 4 heteroatoms. The van der Waals surface area contributed by atoms with Crippen LogP contribution in [0.4, 0.5) is 5.69 Å². The van der Waals surface area contributed by atoms with E-state index in [1.807, 2.05) is 6.07 Å². The molecule has 0 aliphatic carbocycles. The monoisotopic (exact) mass is 230 g/mol. The molecule has 0 heterocycles. The van der Waals surface area contributed by atoms with Gasteiger partial charge in [0, 0.05) is 4.47 Å². The number of benzene rings is 1. The molecule has 0 saturated heterocycles. The molecule has 0 bridgehead atoms. The van der Waals surface area contributed by atoms with Crippen molar-refractivity contribution in [3.8, 4) is 6.07 Å². The quantitative estimate of drug-likeness (QED) is 0.698. The van der Waals surface area contributed by atoms with Gasteiger partial charge >= 0.3 is 0 Å². The molecule has 0 aliphatic heterocycles. The van der Waals surface area contributed by atoms with Crippen molar-refractivity contribution in [3.63, 3.8) is 0 Å². The van der Waals surface area contributed by atoms with Crippen molar-refractivity contribution >= 4 is 33.2 Å². The van der Waals surface area contributed by atoms with Gasteiger partial charge in [-0.05, 0) is 28.1 Å². The van der Waals surface area contributed by atoms with Gasteiger partial charge in [0.2, 0.25) is 0 Å². The van der Waals surface area contributed by atoms with Gasteiger partial charge in [0.05, 0.1) is 16.3 Å². The third-order valence-electron chi connectivity index (χ3n) is 1.21. The first kappa shape index (κ1) is 8.38. The summed E-state index contributed by atoms with van der Waals surface area (Å²) in [7, 11) is 0. The van der Waals surface area contributed by atoms with E-state index in [-0.39, 0.29) is 0 Å². The first-order valence-corrected chi connectivity index (χ1v) is 3.97. The molecule has 11 heavy (non-hydrogen) atoms. The van der Waals surface area contributed by atoms with E-state index < -0.39 is 0 Å². The fourth-order valence-electron chi connectivity index (χ4n) is 0.659. The molecule has 0 amide bonds. The molecule has 2 N–H and O–H groups in total. The van der Waals surface area contributed by atoms with Crippen LogP contribution in [0.1, 0.15) is 5.56 Å². The Hall–Kier alpha value is -0.720. The van der Waals surface area contributed by atoms with Crippen molar-refractivity contribution in [2.75, 3.05) is 5.73 Å². The third-order valence-corrected chi connectivity index (χ3v) is 2.41. The third kappa shape index (κ3) is 1.65. The summed E-state index contributed by atoms with van der Waals surface area (Å²) in [6.45, 7) is 0. The summed E-state index contributed by atoms with van der Waals surface area (Å²) in [6, 6.07) is 5.09. The Bertz CT molecular complexity index is 330. The van der Waals surface area contributed by atoms with Crippen LogP contribution in [-0.2, 0) is 0 Å². The first-order valence-electron chi connectivity index (χ1n) is 2.79. The van der Waals surface area contributed by atoms with Crippen LogP contribution in [0.25, 0.3) is 0 Å². The van der Waals surface area contributed by atoms with E-state index >= 15 is 0 Å². The van der Waals surface area contributed by atoms with Gasteiger partial charge in [-0.2, -0.15) is 5.26 Å². The lowest BCUT2D eigenvalue weighted by molar-refractivity contribution is 1.47. The van der Waals surface area contributed by atoms with Crippen LogP contribution in [0.15, 0.2) is 16.6 Å². The number of anilines is 1. The standard InChI is InChI=1S/C7H4BrClN2/c8-5-1-4(3-10)7(11)2-6(5)9/h1-2H,11H2. The molecule has 0 saturated carbocycles. The Morgan fingerprint density at radius 2 is 2.18 bits per heavy atom. The predicted molar refractivity (Wildman–Crippen MR) is 48.3 cm³/mol. The number of rotatable bonds is 0. The van der Waals surface area contributed by atoms with Gasteiger partial charge in [0.15, 0.2) is 0 Å². The van der Waals surface area contributed by atoms with Crippen LogP contribution >= 0.6 is 27.5 Å². The number of halogens is 2. The second-order valence-corrected chi connectivity index (χ2v) is 3.23. The molecule has 0 atom stereocenters. The van der Waals surface area contributed by atoms with Gasteiger partial charge in [-0.15, -0.1) is 0 Å². The Kier molecular flexibility index (Phi) is 2.38. The summed E-state index contributed by atoms with van der Waals surface area (Å²) >= 11 is 8.89. The fourth-order valence-corrected chi connectivity index (χ4v) is 1.17. The lowest BCUT2D eigenvalue weighted by atomic mass is 10.2. The highest BCUT2D eigenvalue weighted by atomic mass is 79.9. The fraction of sp³-hybridized carbons (Fsp3) is 0. The Morgan fingerprint density at radius 1 is 1.55 bits per heavy atom. The van der Waals surface area contributed by atoms with E-state index in [0.29, 0.717) is 20.7 Å². The highest BCUT2D eigenvalue weighted by Crippen LogP contribution is 2.27. The molecule has 0 fully saturated rings. The highest BCUT2D eigenvalue weighted by molar-refractivity contribution is 9.10. The Balaban J connectivity index is 3.35. The number of nitrogens with zero attached hydrogens (tertiary/aromatic N) is 1. The molecule has 1 aromatic carbocycles. The molecule has 0 aliphatic rings.